The highest BCUT2D eigenvalue weighted by Gasteiger charge is 2.41. The minimum Gasteiger partial charge on any atom is -0.480 e. The fourth-order valence-corrected chi connectivity index (χ4v) is 4.90. The average Bonchev–Trinajstić information content (AvgIpc) is 2.71. The maximum absolute atomic E-state index is 13.0. The van der Waals surface area contributed by atoms with Gasteiger partial charge in [-0.1, -0.05) is 0 Å². The highest BCUT2D eigenvalue weighted by atomic mass is 32.2. The standard InChI is InChI=1S/C17H19F3N6O5S/c18-17(19,20)31-11-1-3-12(4-2-11)32(29,30)26-6-5-10(7-13(26)14(27)28)8-22-16-24-9-23-15(21)25-16/h1-4,9-10,13H,5-8H2,(H,27,28)(H3,21,22,23,24,25)/t10-,13-/m1/s1. The second-order valence-electron chi connectivity index (χ2n) is 6.93. The summed E-state index contributed by atoms with van der Waals surface area (Å²) in [4.78, 5) is 22.9. The summed E-state index contributed by atoms with van der Waals surface area (Å²) < 4.78 is 67.4. The Morgan fingerprint density at radius 3 is 2.56 bits per heavy atom. The molecule has 0 aliphatic carbocycles. The van der Waals surface area contributed by atoms with E-state index in [2.05, 4.69) is 25.0 Å². The van der Waals surface area contributed by atoms with E-state index < -0.39 is 34.1 Å². The fraction of sp³-hybridized carbons (Fsp3) is 0.412. The molecule has 174 valence electrons. The molecule has 2 aromatic rings. The molecule has 1 aliphatic heterocycles. The van der Waals surface area contributed by atoms with Crippen LogP contribution in [0.25, 0.3) is 0 Å². The number of nitrogens with one attached hydrogen (secondary N) is 1. The molecule has 1 aromatic heterocycles. The van der Waals surface area contributed by atoms with Crippen molar-refractivity contribution in [3.63, 3.8) is 0 Å². The number of aliphatic carboxylic acids is 1. The summed E-state index contributed by atoms with van der Waals surface area (Å²) in [7, 11) is -4.27. The number of carboxylic acid groups (broad SMARTS) is 1. The van der Waals surface area contributed by atoms with Crippen molar-refractivity contribution in [1.29, 1.82) is 0 Å². The number of benzene rings is 1. The summed E-state index contributed by atoms with van der Waals surface area (Å²) in [6.07, 6.45) is -3.36. The molecule has 0 bridgehead atoms. The molecule has 1 aromatic carbocycles. The summed E-state index contributed by atoms with van der Waals surface area (Å²) in [6, 6.07) is 2.23. The lowest BCUT2D eigenvalue weighted by atomic mass is 9.92. The number of sulfonamides is 1. The molecule has 1 aliphatic rings. The largest absolute Gasteiger partial charge is 0.573 e. The Labute approximate surface area is 180 Å². The van der Waals surface area contributed by atoms with E-state index in [4.69, 9.17) is 5.73 Å². The first-order valence-corrected chi connectivity index (χ1v) is 10.7. The maximum Gasteiger partial charge on any atom is 0.573 e. The smallest absolute Gasteiger partial charge is 0.480 e. The quantitative estimate of drug-likeness (QED) is 0.531. The Balaban J connectivity index is 1.71. The van der Waals surface area contributed by atoms with Gasteiger partial charge in [0.1, 0.15) is 18.1 Å². The van der Waals surface area contributed by atoms with Gasteiger partial charge in [-0.3, -0.25) is 4.79 Å². The van der Waals surface area contributed by atoms with Crippen LogP contribution in [0.2, 0.25) is 0 Å². The van der Waals surface area contributed by atoms with Gasteiger partial charge < -0.3 is 20.9 Å². The van der Waals surface area contributed by atoms with Crippen LogP contribution in [0.5, 0.6) is 5.75 Å². The topological polar surface area (TPSA) is 161 Å². The van der Waals surface area contributed by atoms with Gasteiger partial charge in [0.25, 0.3) is 0 Å². The summed E-state index contributed by atoms with van der Waals surface area (Å²) in [5, 5.41) is 12.5. The third-order valence-electron chi connectivity index (χ3n) is 4.75. The molecule has 3 rings (SSSR count). The van der Waals surface area contributed by atoms with Crippen LogP contribution in [0.15, 0.2) is 35.5 Å². The monoisotopic (exact) mass is 476 g/mol. The molecular weight excluding hydrogens is 457 g/mol. The molecule has 0 saturated carbocycles. The van der Waals surface area contributed by atoms with Crippen LogP contribution < -0.4 is 15.8 Å². The number of halogens is 3. The lowest BCUT2D eigenvalue weighted by Crippen LogP contribution is -2.50. The molecule has 15 heteroatoms. The van der Waals surface area contributed by atoms with Crippen LogP contribution in [0.4, 0.5) is 25.1 Å². The van der Waals surface area contributed by atoms with Crippen LogP contribution in [-0.2, 0) is 14.8 Å². The van der Waals surface area contributed by atoms with Crippen LogP contribution in [0, 0.1) is 5.92 Å². The molecule has 2 atom stereocenters. The Bertz CT molecular complexity index is 1070. The molecule has 0 radical (unpaired) electrons. The van der Waals surface area contributed by atoms with Crippen molar-refractivity contribution < 1.29 is 36.2 Å². The minimum atomic E-state index is -4.92. The molecule has 2 heterocycles. The van der Waals surface area contributed by atoms with Gasteiger partial charge in [0.15, 0.2) is 0 Å². The van der Waals surface area contributed by atoms with Gasteiger partial charge in [0, 0.05) is 13.1 Å². The summed E-state index contributed by atoms with van der Waals surface area (Å²) in [6.45, 7) is 0.191. The molecule has 1 fully saturated rings. The number of carbonyl (C=O) groups is 1. The number of rotatable bonds is 7. The Morgan fingerprint density at radius 2 is 1.97 bits per heavy atom. The van der Waals surface area contributed by atoms with Gasteiger partial charge in [-0.25, -0.2) is 18.4 Å². The molecule has 0 unspecified atom stereocenters. The molecule has 0 spiro atoms. The van der Waals surface area contributed by atoms with Crippen molar-refractivity contribution in [1.82, 2.24) is 19.3 Å². The molecular formula is C17H19F3N6O5S. The number of ether oxygens (including phenoxy) is 1. The number of anilines is 2. The van der Waals surface area contributed by atoms with Crippen LogP contribution in [0.1, 0.15) is 12.8 Å². The molecule has 32 heavy (non-hydrogen) atoms. The molecule has 11 nitrogen and oxygen atoms in total. The van der Waals surface area contributed by atoms with Crippen LogP contribution in [0.3, 0.4) is 0 Å². The van der Waals surface area contributed by atoms with Gasteiger partial charge in [0.2, 0.25) is 21.9 Å². The van der Waals surface area contributed by atoms with Gasteiger partial charge in [-0.05, 0) is 43.0 Å². The first-order valence-electron chi connectivity index (χ1n) is 9.24. The normalized spacial score (nSPS) is 20.0. The zero-order valence-electron chi connectivity index (χ0n) is 16.4. The Hall–Kier alpha value is -3.20. The Kier molecular flexibility index (Phi) is 6.68. The van der Waals surface area contributed by atoms with Crippen molar-refractivity contribution in [3.05, 3.63) is 30.6 Å². The number of hydrogen-bond acceptors (Lipinski definition) is 9. The number of aromatic nitrogens is 3. The predicted molar refractivity (Wildman–Crippen MR) is 104 cm³/mol. The van der Waals surface area contributed by atoms with E-state index in [0.29, 0.717) is 6.42 Å². The summed E-state index contributed by atoms with van der Waals surface area (Å²) in [5.41, 5.74) is 5.47. The van der Waals surface area contributed by atoms with E-state index in [-0.39, 0.29) is 42.2 Å². The maximum atomic E-state index is 13.0. The number of nitrogens with two attached hydrogens (primary N) is 1. The van der Waals surface area contributed by atoms with Crippen molar-refractivity contribution in [2.45, 2.75) is 30.1 Å². The number of alkyl halides is 3. The number of nitrogen functional groups attached to an aromatic ring is 1. The SMILES string of the molecule is Nc1ncnc(NC[C@@H]2CCN(S(=O)(=O)c3ccc(OC(F)(F)F)cc3)[C@@H](C(=O)O)C2)n1. The highest BCUT2D eigenvalue weighted by molar-refractivity contribution is 7.89. The third-order valence-corrected chi connectivity index (χ3v) is 6.67. The molecule has 0 amide bonds. The lowest BCUT2D eigenvalue weighted by molar-refractivity contribution is -0.274. The predicted octanol–water partition coefficient (Wildman–Crippen LogP) is 1.32. The fourth-order valence-electron chi connectivity index (χ4n) is 3.29. The van der Waals surface area contributed by atoms with E-state index in [9.17, 15) is 31.5 Å². The van der Waals surface area contributed by atoms with Crippen molar-refractivity contribution in [2.24, 2.45) is 5.92 Å². The van der Waals surface area contributed by atoms with E-state index in [1.807, 2.05) is 0 Å². The first kappa shape index (κ1) is 23.5. The van der Waals surface area contributed by atoms with Crippen LogP contribution >= 0.6 is 0 Å². The third kappa shape index (κ3) is 5.73. The van der Waals surface area contributed by atoms with Crippen LogP contribution in [-0.4, -0.2) is 64.2 Å². The van der Waals surface area contributed by atoms with Gasteiger partial charge in [0.05, 0.1) is 4.90 Å². The van der Waals surface area contributed by atoms with E-state index in [1.165, 1.54) is 6.33 Å². The first-order chi connectivity index (χ1) is 15.0. The lowest BCUT2D eigenvalue weighted by Gasteiger charge is -2.36. The molecule has 4 N–H and O–H groups in total. The average molecular weight is 476 g/mol. The highest BCUT2D eigenvalue weighted by Crippen LogP contribution is 2.30. The van der Waals surface area contributed by atoms with Crippen molar-refractivity contribution >= 4 is 27.9 Å². The van der Waals surface area contributed by atoms with Gasteiger partial charge >= 0.3 is 12.3 Å². The number of carboxylic acids is 1. The Morgan fingerprint density at radius 1 is 1.28 bits per heavy atom. The van der Waals surface area contributed by atoms with Gasteiger partial charge in [-0.15, -0.1) is 13.2 Å². The zero-order chi connectivity index (χ0) is 23.5. The number of hydrogen-bond donors (Lipinski definition) is 3. The number of piperidine rings is 1. The summed E-state index contributed by atoms with van der Waals surface area (Å²) >= 11 is 0. The minimum absolute atomic E-state index is 0.0113. The van der Waals surface area contributed by atoms with E-state index in [0.717, 1.165) is 28.6 Å². The van der Waals surface area contributed by atoms with E-state index in [1.54, 1.807) is 0 Å². The van der Waals surface area contributed by atoms with E-state index >= 15 is 0 Å². The van der Waals surface area contributed by atoms with Gasteiger partial charge in [-0.2, -0.15) is 9.29 Å². The summed E-state index contributed by atoms with van der Waals surface area (Å²) in [5.74, 6) is -1.91. The van der Waals surface area contributed by atoms with Crippen molar-refractivity contribution in [3.8, 4) is 5.75 Å². The second-order valence-corrected chi connectivity index (χ2v) is 8.82. The molecule has 1 saturated heterocycles. The van der Waals surface area contributed by atoms with Crippen molar-refractivity contribution in [2.75, 3.05) is 24.1 Å². The zero-order valence-corrected chi connectivity index (χ0v) is 17.2. The second kappa shape index (κ2) is 9.12. The number of nitrogens with zero attached hydrogens (tertiary/aromatic N) is 4.